The Labute approximate surface area is 148 Å². The van der Waals surface area contributed by atoms with Crippen LogP contribution in [0.4, 0.5) is 17.1 Å². The molecule has 0 atom stereocenters. The van der Waals surface area contributed by atoms with Gasteiger partial charge in [0.2, 0.25) is 0 Å². The zero-order chi connectivity index (χ0) is 15.3. The van der Waals surface area contributed by atoms with Crippen LogP contribution in [0.1, 0.15) is 0 Å². The average Bonchev–Trinajstić information content (AvgIpc) is 2.62. The minimum Gasteiger partial charge on any atom is -1.00 e. The van der Waals surface area contributed by atoms with E-state index < -0.39 is 0 Å². The van der Waals surface area contributed by atoms with E-state index in [1.54, 1.807) is 7.11 Å². The minimum atomic E-state index is 0. The van der Waals surface area contributed by atoms with Crippen LogP contribution in [-0.2, 0) is 4.74 Å². The van der Waals surface area contributed by atoms with Crippen LogP contribution in [0.2, 0.25) is 0 Å². The topological polar surface area (TPSA) is 9.23 Å². The van der Waals surface area contributed by atoms with Crippen molar-refractivity contribution in [2.75, 3.05) is 13.8 Å². The third-order valence-electron chi connectivity index (χ3n) is 3.91. The molecule has 2 nitrogen and oxygen atoms in total. The molecule has 0 N–H and O–H groups in total. The van der Waals surface area contributed by atoms with Gasteiger partial charge in [0, 0.05) is 43.5 Å². The van der Waals surface area contributed by atoms with Gasteiger partial charge in [0.25, 0.3) is 0 Å². The molecule has 23 heavy (non-hydrogen) atoms. The number of nitrogens with zero attached hydrogens (tertiary/aromatic N) is 1. The van der Waals surface area contributed by atoms with E-state index in [2.05, 4.69) is 72.8 Å². The molecule has 0 radical (unpaired) electrons. The molecule has 118 valence electrons. The third kappa shape index (κ3) is 3.37. The first kappa shape index (κ1) is 17.4. The van der Waals surface area contributed by atoms with E-state index in [-0.39, 0.29) is 17.0 Å². The Hall–Kier alpha value is -1.94. The summed E-state index contributed by atoms with van der Waals surface area (Å²) in [4.78, 5) is 0. The number of hydrogen-bond donors (Lipinski definition) is 0. The van der Waals surface area contributed by atoms with Gasteiger partial charge in [0.15, 0.2) is 6.73 Å². The van der Waals surface area contributed by atoms with Gasteiger partial charge >= 0.3 is 0 Å². The fourth-order valence-electron chi connectivity index (χ4n) is 2.91. The second-order valence-corrected chi connectivity index (χ2v) is 5.23. The molecule has 0 spiro atoms. The lowest BCUT2D eigenvalue weighted by Crippen LogP contribution is -3.00. The smallest absolute Gasteiger partial charge is 0.196 e. The summed E-state index contributed by atoms with van der Waals surface area (Å²) in [6.07, 6.45) is 0. The number of methoxy groups -OCH3 is 1. The number of rotatable bonds is 5. The zero-order valence-corrected chi connectivity index (χ0v) is 14.7. The molecular formula is C20H20BrNO. The van der Waals surface area contributed by atoms with E-state index in [4.69, 9.17) is 4.74 Å². The van der Waals surface area contributed by atoms with Crippen LogP contribution >= 0.6 is 0 Å². The second kappa shape index (κ2) is 8.06. The summed E-state index contributed by atoms with van der Waals surface area (Å²) < 4.78 is 6.18. The quantitative estimate of drug-likeness (QED) is 0.495. The number of quaternary nitrogens is 1. The van der Waals surface area contributed by atoms with Gasteiger partial charge in [-0.05, 0) is 0 Å². The maximum absolute atomic E-state index is 5.64. The zero-order valence-electron chi connectivity index (χ0n) is 13.1. The highest BCUT2D eigenvalue weighted by atomic mass is 79.9. The van der Waals surface area contributed by atoms with Crippen molar-refractivity contribution < 1.29 is 21.7 Å². The Morgan fingerprint density at radius 3 is 1.17 bits per heavy atom. The standard InChI is InChI=1S/C20H20NO.BrH/c1-22-17-21(18-11-5-2-6-12-18,19-13-7-3-8-14-19)20-15-9-4-10-16-20;/h2-16H,17H2,1H3;1H/q+1;/p-1. The fourth-order valence-corrected chi connectivity index (χ4v) is 2.91. The highest BCUT2D eigenvalue weighted by Gasteiger charge is 2.35. The normalized spacial score (nSPS) is 10.8. The van der Waals surface area contributed by atoms with Crippen molar-refractivity contribution in [3.05, 3.63) is 91.0 Å². The number of para-hydroxylation sites is 3. The molecule has 0 saturated carbocycles. The van der Waals surface area contributed by atoms with Gasteiger partial charge in [-0.1, -0.05) is 54.6 Å². The van der Waals surface area contributed by atoms with Crippen molar-refractivity contribution in [3.8, 4) is 0 Å². The molecule has 0 unspecified atom stereocenters. The van der Waals surface area contributed by atoms with Crippen molar-refractivity contribution in [1.82, 2.24) is 4.48 Å². The Morgan fingerprint density at radius 1 is 0.609 bits per heavy atom. The van der Waals surface area contributed by atoms with E-state index >= 15 is 0 Å². The van der Waals surface area contributed by atoms with Crippen LogP contribution in [0.3, 0.4) is 0 Å². The molecule has 3 aromatic rings. The van der Waals surface area contributed by atoms with Crippen LogP contribution < -0.4 is 21.5 Å². The first-order valence-electron chi connectivity index (χ1n) is 7.42. The Morgan fingerprint density at radius 2 is 0.913 bits per heavy atom. The lowest BCUT2D eigenvalue weighted by molar-refractivity contribution is -0.00000478. The fraction of sp³-hybridized carbons (Fsp3) is 0.100. The molecule has 0 aromatic heterocycles. The van der Waals surface area contributed by atoms with Gasteiger partial charge in [-0.2, -0.15) is 0 Å². The predicted octanol–water partition coefficient (Wildman–Crippen LogP) is 2.27. The molecule has 0 saturated heterocycles. The molecule has 0 aliphatic rings. The number of halogens is 1. The van der Waals surface area contributed by atoms with Crippen molar-refractivity contribution >= 4 is 17.1 Å². The maximum Gasteiger partial charge on any atom is 0.196 e. The molecular weight excluding hydrogens is 350 g/mol. The Kier molecular flexibility index (Phi) is 6.11. The van der Waals surface area contributed by atoms with E-state index in [0.717, 1.165) is 0 Å². The molecule has 0 aliphatic carbocycles. The summed E-state index contributed by atoms with van der Waals surface area (Å²) >= 11 is 0. The lowest BCUT2D eigenvalue weighted by Gasteiger charge is -2.36. The van der Waals surface area contributed by atoms with Crippen molar-refractivity contribution in [2.45, 2.75) is 0 Å². The highest BCUT2D eigenvalue weighted by molar-refractivity contribution is 5.70. The molecule has 3 aromatic carbocycles. The Bertz CT molecular complexity index is 605. The molecule has 0 aliphatic heterocycles. The van der Waals surface area contributed by atoms with E-state index in [1.807, 2.05) is 18.2 Å². The minimum absolute atomic E-state index is 0. The summed E-state index contributed by atoms with van der Waals surface area (Å²) in [5.41, 5.74) is 3.55. The summed E-state index contributed by atoms with van der Waals surface area (Å²) in [5.74, 6) is 0. The molecule has 3 rings (SSSR count). The van der Waals surface area contributed by atoms with E-state index in [1.165, 1.54) is 17.1 Å². The van der Waals surface area contributed by atoms with Crippen molar-refractivity contribution in [3.63, 3.8) is 0 Å². The summed E-state index contributed by atoms with van der Waals surface area (Å²) in [6, 6.07) is 31.5. The second-order valence-electron chi connectivity index (χ2n) is 5.23. The van der Waals surface area contributed by atoms with E-state index in [9.17, 15) is 0 Å². The molecule has 3 heteroatoms. The van der Waals surface area contributed by atoms with Crippen LogP contribution in [0, 0.1) is 0 Å². The van der Waals surface area contributed by atoms with Gasteiger partial charge in [-0.15, -0.1) is 0 Å². The largest absolute Gasteiger partial charge is 1.00 e. The van der Waals surface area contributed by atoms with Gasteiger partial charge < -0.3 is 21.7 Å². The van der Waals surface area contributed by atoms with Crippen LogP contribution in [-0.4, -0.2) is 13.8 Å². The SMILES string of the molecule is COC[N+](c1ccccc1)(c1ccccc1)c1ccccc1.[Br-]. The lowest BCUT2D eigenvalue weighted by atomic mass is 10.1. The van der Waals surface area contributed by atoms with Crippen LogP contribution in [0.5, 0.6) is 0 Å². The Balaban J connectivity index is 0.00000192. The van der Waals surface area contributed by atoms with Gasteiger partial charge in [-0.25, -0.2) is 4.48 Å². The molecule has 0 heterocycles. The maximum atomic E-state index is 5.64. The van der Waals surface area contributed by atoms with Gasteiger partial charge in [-0.3, -0.25) is 0 Å². The van der Waals surface area contributed by atoms with Crippen molar-refractivity contribution in [1.29, 1.82) is 0 Å². The number of ether oxygens (including phenoxy) is 1. The highest BCUT2D eigenvalue weighted by Crippen LogP contribution is 2.43. The van der Waals surface area contributed by atoms with Crippen molar-refractivity contribution in [2.24, 2.45) is 0 Å². The predicted molar refractivity (Wildman–Crippen MR) is 92.3 cm³/mol. The summed E-state index contributed by atoms with van der Waals surface area (Å²) in [7, 11) is 1.75. The summed E-state index contributed by atoms with van der Waals surface area (Å²) in [5, 5.41) is 0. The average molecular weight is 370 g/mol. The van der Waals surface area contributed by atoms with E-state index in [0.29, 0.717) is 11.2 Å². The van der Waals surface area contributed by atoms with Gasteiger partial charge in [0.05, 0.1) is 0 Å². The first-order valence-corrected chi connectivity index (χ1v) is 7.42. The first-order chi connectivity index (χ1) is 10.9. The number of benzene rings is 3. The monoisotopic (exact) mass is 369 g/mol. The molecule has 0 amide bonds. The molecule has 0 fully saturated rings. The molecule has 0 bridgehead atoms. The van der Waals surface area contributed by atoms with Crippen LogP contribution in [0.15, 0.2) is 91.0 Å². The van der Waals surface area contributed by atoms with Crippen LogP contribution in [0.25, 0.3) is 0 Å². The van der Waals surface area contributed by atoms with Gasteiger partial charge in [0.1, 0.15) is 17.1 Å². The summed E-state index contributed by atoms with van der Waals surface area (Å²) in [6.45, 7) is 0.540. The number of hydrogen-bond acceptors (Lipinski definition) is 1. The third-order valence-corrected chi connectivity index (χ3v) is 3.91.